The molecule has 0 saturated carbocycles. The highest BCUT2D eigenvalue weighted by Crippen LogP contribution is 2.20. The molecule has 1 atom stereocenters. The van der Waals surface area contributed by atoms with Gasteiger partial charge in [0.1, 0.15) is 5.75 Å². The molecule has 0 aliphatic carbocycles. The Kier molecular flexibility index (Phi) is 4.80. The molecule has 3 heteroatoms. The van der Waals surface area contributed by atoms with Crippen molar-refractivity contribution in [2.75, 3.05) is 5.32 Å². The predicted molar refractivity (Wildman–Crippen MR) is 98.5 cm³/mol. The normalized spacial score (nSPS) is 11.9. The smallest absolute Gasteiger partial charge is 0.265 e. The molecule has 1 amide bonds. The van der Waals surface area contributed by atoms with Crippen molar-refractivity contribution in [3.63, 3.8) is 0 Å². The molecule has 0 saturated heterocycles. The second kappa shape index (κ2) is 7.18. The van der Waals surface area contributed by atoms with Crippen LogP contribution in [0.25, 0.3) is 10.8 Å². The fourth-order valence-corrected chi connectivity index (χ4v) is 2.66. The minimum atomic E-state index is -0.515. The number of anilines is 1. The first-order valence-corrected chi connectivity index (χ1v) is 8.18. The second-order valence-corrected chi connectivity index (χ2v) is 5.88. The van der Waals surface area contributed by atoms with Gasteiger partial charge >= 0.3 is 0 Å². The van der Waals surface area contributed by atoms with Crippen LogP contribution in [-0.2, 0) is 4.79 Å². The van der Waals surface area contributed by atoms with Crippen molar-refractivity contribution in [2.45, 2.75) is 26.4 Å². The minimum Gasteiger partial charge on any atom is -0.481 e. The van der Waals surface area contributed by atoms with Crippen LogP contribution in [0.3, 0.4) is 0 Å². The van der Waals surface area contributed by atoms with Gasteiger partial charge in [0.25, 0.3) is 5.91 Å². The average molecular weight is 319 g/mol. The van der Waals surface area contributed by atoms with E-state index in [1.54, 1.807) is 0 Å². The van der Waals surface area contributed by atoms with E-state index in [2.05, 4.69) is 11.4 Å². The molecule has 24 heavy (non-hydrogen) atoms. The minimum absolute atomic E-state index is 0.130. The molecule has 0 aliphatic heterocycles. The Labute approximate surface area is 142 Å². The van der Waals surface area contributed by atoms with E-state index >= 15 is 0 Å². The van der Waals surface area contributed by atoms with E-state index in [1.807, 2.05) is 74.5 Å². The van der Waals surface area contributed by atoms with E-state index in [-0.39, 0.29) is 5.91 Å². The molecule has 0 bridgehead atoms. The van der Waals surface area contributed by atoms with Gasteiger partial charge in [0.05, 0.1) is 0 Å². The quantitative estimate of drug-likeness (QED) is 0.723. The van der Waals surface area contributed by atoms with Crippen molar-refractivity contribution in [3.8, 4) is 5.75 Å². The summed E-state index contributed by atoms with van der Waals surface area (Å²) >= 11 is 0. The molecule has 0 aliphatic rings. The van der Waals surface area contributed by atoms with Crippen LogP contribution < -0.4 is 10.1 Å². The molecular formula is C21H21NO2. The lowest BCUT2D eigenvalue weighted by molar-refractivity contribution is -0.122. The van der Waals surface area contributed by atoms with Crippen LogP contribution in [-0.4, -0.2) is 12.0 Å². The summed E-state index contributed by atoms with van der Waals surface area (Å²) in [4.78, 5) is 12.5. The van der Waals surface area contributed by atoms with Crippen LogP contribution in [0, 0.1) is 6.92 Å². The maximum Gasteiger partial charge on any atom is 0.265 e. The fourth-order valence-electron chi connectivity index (χ4n) is 2.66. The molecule has 3 nitrogen and oxygen atoms in total. The van der Waals surface area contributed by atoms with Gasteiger partial charge in [0, 0.05) is 5.69 Å². The predicted octanol–water partition coefficient (Wildman–Crippen LogP) is 4.94. The molecule has 3 aromatic carbocycles. The Bertz CT molecular complexity index is 857. The Morgan fingerprint density at radius 3 is 2.54 bits per heavy atom. The third-order valence-corrected chi connectivity index (χ3v) is 3.95. The highest BCUT2D eigenvalue weighted by atomic mass is 16.5. The number of nitrogens with one attached hydrogen (secondary N) is 1. The van der Waals surface area contributed by atoms with Gasteiger partial charge in [-0.1, -0.05) is 49.4 Å². The zero-order valence-electron chi connectivity index (χ0n) is 14.0. The monoisotopic (exact) mass is 319 g/mol. The van der Waals surface area contributed by atoms with Crippen molar-refractivity contribution < 1.29 is 9.53 Å². The van der Waals surface area contributed by atoms with E-state index in [4.69, 9.17) is 4.74 Å². The van der Waals surface area contributed by atoms with Crippen molar-refractivity contribution in [3.05, 3.63) is 72.3 Å². The fraction of sp³-hybridized carbons (Fsp3) is 0.190. The maximum absolute atomic E-state index is 12.5. The number of aryl methyl sites for hydroxylation is 1. The second-order valence-electron chi connectivity index (χ2n) is 5.88. The van der Waals surface area contributed by atoms with Gasteiger partial charge in [-0.2, -0.15) is 0 Å². The number of hydrogen-bond acceptors (Lipinski definition) is 2. The topological polar surface area (TPSA) is 38.3 Å². The lowest BCUT2D eigenvalue weighted by atomic mass is 10.1. The molecule has 0 heterocycles. The summed E-state index contributed by atoms with van der Waals surface area (Å²) < 4.78 is 5.85. The van der Waals surface area contributed by atoms with Gasteiger partial charge in [0.15, 0.2) is 6.10 Å². The van der Waals surface area contributed by atoms with Crippen molar-refractivity contribution >= 4 is 22.4 Å². The first-order chi connectivity index (χ1) is 11.7. The first kappa shape index (κ1) is 16.1. The number of carbonyl (C=O) groups excluding carboxylic acids is 1. The van der Waals surface area contributed by atoms with Crippen LogP contribution in [0.2, 0.25) is 0 Å². The molecule has 0 aromatic heterocycles. The Balaban J connectivity index is 1.73. The summed E-state index contributed by atoms with van der Waals surface area (Å²) in [5.74, 6) is 0.588. The summed E-state index contributed by atoms with van der Waals surface area (Å²) in [5, 5.41) is 5.21. The van der Waals surface area contributed by atoms with E-state index in [0.29, 0.717) is 6.42 Å². The third-order valence-electron chi connectivity index (χ3n) is 3.95. The highest BCUT2D eigenvalue weighted by molar-refractivity contribution is 5.96. The summed E-state index contributed by atoms with van der Waals surface area (Å²) in [6.07, 6.45) is 0.0890. The SMILES string of the molecule is CC[C@@H](Oc1cccc(C)c1)C(=O)Nc1ccc2ccccc2c1. The standard InChI is InChI=1S/C21H21NO2/c1-3-20(24-19-10-6-7-15(2)13-19)21(23)22-18-12-11-16-8-4-5-9-17(16)14-18/h4-14,20H,3H2,1-2H3,(H,22,23)/t20-/m1/s1. The molecule has 3 aromatic rings. The number of rotatable bonds is 5. The Morgan fingerprint density at radius 2 is 1.79 bits per heavy atom. The van der Waals surface area contributed by atoms with E-state index < -0.39 is 6.10 Å². The number of fused-ring (bicyclic) bond motifs is 1. The van der Waals surface area contributed by atoms with Crippen molar-refractivity contribution in [1.82, 2.24) is 0 Å². The van der Waals surface area contributed by atoms with Crippen molar-refractivity contribution in [2.24, 2.45) is 0 Å². The molecule has 0 spiro atoms. The molecule has 1 N–H and O–H groups in total. The van der Waals surface area contributed by atoms with Crippen LogP contribution in [0.15, 0.2) is 66.7 Å². The van der Waals surface area contributed by atoms with Gasteiger partial charge in [-0.25, -0.2) is 0 Å². The number of carbonyl (C=O) groups is 1. The van der Waals surface area contributed by atoms with Gasteiger partial charge in [0.2, 0.25) is 0 Å². The molecule has 122 valence electrons. The lowest BCUT2D eigenvalue weighted by Gasteiger charge is -2.17. The summed E-state index contributed by atoms with van der Waals surface area (Å²) in [6, 6.07) is 21.7. The van der Waals surface area contributed by atoms with Crippen LogP contribution in [0.1, 0.15) is 18.9 Å². The zero-order valence-corrected chi connectivity index (χ0v) is 14.0. The van der Waals surface area contributed by atoms with Gasteiger partial charge in [-0.15, -0.1) is 0 Å². The highest BCUT2D eigenvalue weighted by Gasteiger charge is 2.18. The van der Waals surface area contributed by atoms with Crippen LogP contribution in [0.5, 0.6) is 5.75 Å². The largest absolute Gasteiger partial charge is 0.481 e. The number of hydrogen-bond donors (Lipinski definition) is 1. The Hall–Kier alpha value is -2.81. The lowest BCUT2D eigenvalue weighted by Crippen LogP contribution is -2.32. The van der Waals surface area contributed by atoms with Gasteiger partial charge in [-0.3, -0.25) is 4.79 Å². The van der Waals surface area contributed by atoms with Gasteiger partial charge < -0.3 is 10.1 Å². The van der Waals surface area contributed by atoms with E-state index in [0.717, 1.165) is 27.8 Å². The molecule has 0 radical (unpaired) electrons. The van der Waals surface area contributed by atoms with Crippen LogP contribution in [0.4, 0.5) is 5.69 Å². The summed E-state index contributed by atoms with van der Waals surface area (Å²) in [6.45, 7) is 3.95. The first-order valence-electron chi connectivity index (χ1n) is 8.18. The molecule has 3 rings (SSSR count). The van der Waals surface area contributed by atoms with E-state index in [9.17, 15) is 4.79 Å². The van der Waals surface area contributed by atoms with Gasteiger partial charge in [-0.05, 0) is 53.9 Å². The molecular weight excluding hydrogens is 298 g/mol. The van der Waals surface area contributed by atoms with Crippen LogP contribution >= 0.6 is 0 Å². The van der Waals surface area contributed by atoms with E-state index in [1.165, 1.54) is 0 Å². The number of ether oxygens (including phenoxy) is 1. The maximum atomic E-state index is 12.5. The average Bonchev–Trinajstić information content (AvgIpc) is 2.59. The summed E-state index contributed by atoms with van der Waals surface area (Å²) in [5.41, 5.74) is 1.89. The summed E-state index contributed by atoms with van der Waals surface area (Å²) in [7, 11) is 0. The molecule has 0 unspecified atom stereocenters. The molecule has 0 fully saturated rings. The van der Waals surface area contributed by atoms with Crippen molar-refractivity contribution in [1.29, 1.82) is 0 Å². The zero-order chi connectivity index (χ0) is 16.9. The Morgan fingerprint density at radius 1 is 1.00 bits per heavy atom. The number of benzene rings is 3. The third kappa shape index (κ3) is 3.74. The number of amides is 1.